The summed E-state index contributed by atoms with van der Waals surface area (Å²) in [6.45, 7) is 5.49. The van der Waals surface area contributed by atoms with Gasteiger partial charge in [0, 0.05) is 72.5 Å². The van der Waals surface area contributed by atoms with Gasteiger partial charge in [-0.25, -0.2) is 8.42 Å². The number of hydrogen-bond acceptors (Lipinski definition) is 10. The topological polar surface area (TPSA) is 258 Å². The van der Waals surface area contributed by atoms with Gasteiger partial charge in [-0.3, -0.25) is 38.2 Å². The van der Waals surface area contributed by atoms with Gasteiger partial charge in [-0.1, -0.05) is 17.7 Å². The summed E-state index contributed by atoms with van der Waals surface area (Å²) in [6, 6.07) is 6.19. The zero-order valence-corrected chi connectivity index (χ0v) is 34.4. The predicted molar refractivity (Wildman–Crippen MR) is 211 cm³/mol. The summed E-state index contributed by atoms with van der Waals surface area (Å²) in [5.74, 6) is -3.11. The van der Waals surface area contributed by atoms with Crippen LogP contribution in [0.4, 0.5) is 0 Å². The SMILES string of the molecule is CC(C)N1CC[C@H]2CC[C@@H](C(=O)N[C@@H](CCC(N)=O)C(=O)NCc3ccc(S(C)(=O)=O)cc3Cl)N2C(=O)[C@@H](NC(=O)c2cc3cc(C(=O)P(C)(=O)O)ccc3[nH]2)C1. The van der Waals surface area contributed by atoms with Crippen LogP contribution in [0.1, 0.15) is 72.4 Å². The Morgan fingerprint density at radius 1 is 1.07 bits per heavy atom. The Balaban J connectivity index is 1.34. The minimum Gasteiger partial charge on any atom is -0.370 e. The number of hydrogen-bond donors (Lipinski definition) is 6. The van der Waals surface area contributed by atoms with Gasteiger partial charge in [0.05, 0.1) is 4.90 Å². The van der Waals surface area contributed by atoms with Crippen LogP contribution in [-0.4, -0.2) is 119 Å². The fourth-order valence-electron chi connectivity index (χ4n) is 7.13. The van der Waals surface area contributed by atoms with E-state index in [-0.39, 0.29) is 65.6 Å². The lowest BCUT2D eigenvalue weighted by Crippen LogP contribution is -2.62. The predicted octanol–water partition coefficient (Wildman–Crippen LogP) is 1.90. The number of sulfone groups is 1. The Kier molecular flexibility index (Phi) is 13.3. The maximum atomic E-state index is 14.4. The fourth-order valence-corrected chi connectivity index (χ4v) is 8.70. The molecular formula is C37H47ClN7O10PS. The number of rotatable bonds is 14. The monoisotopic (exact) mass is 847 g/mol. The number of benzene rings is 2. The summed E-state index contributed by atoms with van der Waals surface area (Å²) < 4.78 is 35.8. The molecule has 20 heteroatoms. The molecule has 2 aliphatic heterocycles. The van der Waals surface area contributed by atoms with Crippen molar-refractivity contribution in [2.45, 2.75) is 87.6 Å². The molecule has 3 heterocycles. The molecule has 3 aromatic rings. The molecule has 1 aromatic heterocycles. The van der Waals surface area contributed by atoms with Crippen molar-refractivity contribution in [3.63, 3.8) is 0 Å². The third-order valence-corrected chi connectivity index (χ3v) is 12.7. The van der Waals surface area contributed by atoms with Crippen molar-refractivity contribution in [2.24, 2.45) is 5.73 Å². The van der Waals surface area contributed by atoms with E-state index in [4.69, 9.17) is 17.3 Å². The highest BCUT2D eigenvalue weighted by Gasteiger charge is 2.46. The summed E-state index contributed by atoms with van der Waals surface area (Å²) in [5, 5.41) is 8.74. The highest BCUT2D eigenvalue weighted by atomic mass is 35.5. The summed E-state index contributed by atoms with van der Waals surface area (Å²) >= 11 is 6.28. The summed E-state index contributed by atoms with van der Waals surface area (Å²) in [5.41, 5.74) is 5.43. The fraction of sp³-hybridized carbons (Fsp3) is 0.459. The van der Waals surface area contributed by atoms with Crippen molar-refractivity contribution < 1.29 is 46.6 Å². The van der Waals surface area contributed by atoms with Crippen LogP contribution in [0.25, 0.3) is 10.9 Å². The van der Waals surface area contributed by atoms with Gasteiger partial charge < -0.3 is 36.5 Å². The standard InChI is InChI=1S/C37H47ClN7O10PS/c1-20(2)44-14-13-24-7-11-31(35(49)42-28(10-12-32(39)46)33(47)40-18-22-5-8-25(17-26(22)38)57(4,54)55)45(24)36(50)30(19-44)43-34(48)29-16-23-15-21(6-9-27(23)41-29)37(51)56(3,52)53/h5-6,8-9,15-17,20,24,28,30-31,41H,7,10-14,18-19H2,1-4H3,(H2,39,46)(H,40,47)(H,42,49)(H,43,48)(H,52,53)/t24-,28+,30+,31+/m1/s1. The van der Waals surface area contributed by atoms with E-state index in [1.807, 2.05) is 13.8 Å². The lowest BCUT2D eigenvalue weighted by molar-refractivity contribution is -0.144. The Hall–Kier alpha value is -4.61. The maximum absolute atomic E-state index is 14.4. The Bertz CT molecular complexity index is 2260. The van der Waals surface area contributed by atoms with E-state index in [0.717, 1.165) is 12.9 Å². The maximum Gasteiger partial charge on any atom is 0.268 e. The van der Waals surface area contributed by atoms with Crippen molar-refractivity contribution in [1.29, 1.82) is 0 Å². The third kappa shape index (κ3) is 10.5. The molecule has 2 aliphatic rings. The van der Waals surface area contributed by atoms with E-state index in [1.54, 1.807) is 0 Å². The first-order chi connectivity index (χ1) is 26.6. The van der Waals surface area contributed by atoms with Gasteiger partial charge in [0.1, 0.15) is 23.8 Å². The van der Waals surface area contributed by atoms with E-state index in [2.05, 4.69) is 25.8 Å². The molecule has 57 heavy (non-hydrogen) atoms. The number of halogens is 1. The van der Waals surface area contributed by atoms with E-state index in [9.17, 15) is 46.6 Å². The molecule has 5 rings (SSSR count). The number of nitrogens with two attached hydrogens (primary N) is 1. The highest BCUT2D eigenvalue weighted by Crippen LogP contribution is 2.40. The first kappa shape index (κ1) is 43.5. The molecule has 2 saturated heterocycles. The van der Waals surface area contributed by atoms with Crippen molar-refractivity contribution in [3.8, 4) is 0 Å². The summed E-state index contributed by atoms with van der Waals surface area (Å²) in [6.07, 6.45) is 1.98. The van der Waals surface area contributed by atoms with Gasteiger partial charge in [-0.05, 0) is 81.5 Å². The summed E-state index contributed by atoms with van der Waals surface area (Å²) in [4.78, 5) is 96.0. The van der Waals surface area contributed by atoms with Crippen molar-refractivity contribution in [3.05, 3.63) is 64.3 Å². The lowest BCUT2D eigenvalue weighted by Gasteiger charge is -2.40. The van der Waals surface area contributed by atoms with E-state index in [0.29, 0.717) is 35.9 Å². The molecule has 0 saturated carbocycles. The van der Waals surface area contributed by atoms with Crippen molar-refractivity contribution in [2.75, 3.05) is 26.0 Å². The van der Waals surface area contributed by atoms with Crippen LogP contribution < -0.4 is 21.7 Å². The Labute approximate surface area is 334 Å². The van der Waals surface area contributed by atoms with Crippen LogP contribution in [0.15, 0.2) is 47.4 Å². The number of nitrogens with one attached hydrogen (secondary N) is 4. The van der Waals surface area contributed by atoms with Gasteiger partial charge >= 0.3 is 0 Å². The second kappa shape index (κ2) is 17.5. The normalized spacial score (nSPS) is 20.6. The number of aromatic nitrogens is 1. The molecule has 17 nitrogen and oxygen atoms in total. The number of H-pyrrole nitrogens is 1. The molecule has 308 valence electrons. The zero-order chi connectivity index (χ0) is 42.0. The van der Waals surface area contributed by atoms with Gasteiger partial charge in [-0.15, -0.1) is 0 Å². The van der Waals surface area contributed by atoms with Gasteiger partial charge in [-0.2, -0.15) is 0 Å². The smallest absolute Gasteiger partial charge is 0.268 e. The number of fused-ring (bicyclic) bond motifs is 2. The van der Waals surface area contributed by atoms with Crippen LogP contribution in [0.2, 0.25) is 5.02 Å². The lowest BCUT2D eigenvalue weighted by atomic mass is 10.1. The largest absolute Gasteiger partial charge is 0.370 e. The van der Waals surface area contributed by atoms with E-state index < -0.39 is 70.4 Å². The molecule has 2 aromatic carbocycles. The Morgan fingerprint density at radius 3 is 2.42 bits per heavy atom. The van der Waals surface area contributed by atoms with E-state index >= 15 is 0 Å². The number of amides is 5. The van der Waals surface area contributed by atoms with Crippen molar-refractivity contribution in [1.82, 2.24) is 30.7 Å². The second-order valence-electron chi connectivity index (χ2n) is 14.9. The molecule has 7 N–H and O–H groups in total. The minimum absolute atomic E-state index is 0.00215. The van der Waals surface area contributed by atoms with Crippen molar-refractivity contribution >= 4 is 74.8 Å². The van der Waals surface area contributed by atoms with Gasteiger partial charge in [0.15, 0.2) is 9.84 Å². The van der Waals surface area contributed by atoms with Crippen LogP contribution in [0, 0.1) is 0 Å². The first-order valence-electron chi connectivity index (χ1n) is 18.3. The van der Waals surface area contributed by atoms with Crippen LogP contribution in [0.3, 0.4) is 0 Å². The summed E-state index contributed by atoms with van der Waals surface area (Å²) in [7, 11) is -7.57. The number of carbonyl (C=O) groups is 6. The van der Waals surface area contributed by atoms with Crippen LogP contribution in [-0.2, 0) is 40.1 Å². The third-order valence-electron chi connectivity index (χ3n) is 10.3. The molecule has 0 radical (unpaired) electrons. The molecule has 2 fully saturated rings. The molecule has 1 unspecified atom stereocenters. The number of carbonyl (C=O) groups excluding carboxylic acids is 6. The number of aromatic amines is 1. The minimum atomic E-state index is -4.05. The van der Waals surface area contributed by atoms with Crippen LogP contribution in [0.5, 0.6) is 0 Å². The first-order valence-corrected chi connectivity index (χ1v) is 22.7. The van der Waals surface area contributed by atoms with Gasteiger partial charge in [0.2, 0.25) is 29.2 Å². The molecular weight excluding hydrogens is 801 g/mol. The number of nitrogens with zero attached hydrogens (tertiary/aromatic N) is 2. The second-order valence-corrected chi connectivity index (χ2v) is 19.5. The average Bonchev–Trinajstić information content (AvgIpc) is 3.75. The van der Waals surface area contributed by atoms with Gasteiger partial charge in [0.25, 0.3) is 13.3 Å². The quantitative estimate of drug-likeness (QED) is 0.128. The molecule has 0 bridgehead atoms. The average molecular weight is 848 g/mol. The highest BCUT2D eigenvalue weighted by molar-refractivity contribution is 7.90. The molecule has 0 aliphatic carbocycles. The zero-order valence-electron chi connectivity index (χ0n) is 31.9. The molecule has 0 spiro atoms. The molecule has 5 atom stereocenters. The van der Waals surface area contributed by atoms with Crippen LogP contribution >= 0.6 is 19.0 Å². The van der Waals surface area contributed by atoms with E-state index in [1.165, 1.54) is 47.4 Å². The Morgan fingerprint density at radius 2 is 1.79 bits per heavy atom. The molecule has 5 amide bonds. The number of primary amides is 1.